The van der Waals surface area contributed by atoms with Gasteiger partial charge in [0, 0.05) is 12.5 Å². The van der Waals surface area contributed by atoms with Crippen molar-refractivity contribution in [2.24, 2.45) is 0 Å². The van der Waals surface area contributed by atoms with Crippen LogP contribution in [0.3, 0.4) is 0 Å². The Morgan fingerprint density at radius 2 is 1.55 bits per heavy atom. The van der Waals surface area contributed by atoms with Crippen molar-refractivity contribution >= 4 is 0 Å². The van der Waals surface area contributed by atoms with Crippen LogP contribution in [0.5, 0.6) is 5.75 Å². The van der Waals surface area contributed by atoms with Crippen molar-refractivity contribution < 1.29 is 9.13 Å². The van der Waals surface area contributed by atoms with Crippen molar-refractivity contribution in [2.45, 2.75) is 52.1 Å². The lowest BCUT2D eigenvalue weighted by Crippen LogP contribution is -2.31. The van der Waals surface area contributed by atoms with Crippen LogP contribution >= 0.6 is 0 Å². The van der Waals surface area contributed by atoms with E-state index in [1.54, 1.807) is 12.1 Å². The highest BCUT2D eigenvalue weighted by Crippen LogP contribution is 2.25. The fourth-order valence-electron chi connectivity index (χ4n) is 2.50. The summed E-state index contributed by atoms with van der Waals surface area (Å²) in [6.07, 6.45) is 0.772. The number of ether oxygens (including phenoxy) is 1. The predicted octanol–water partition coefficient (Wildman–Crippen LogP) is 5.52. The molecule has 0 fully saturated rings. The van der Waals surface area contributed by atoms with E-state index in [4.69, 9.17) is 4.74 Å². The van der Waals surface area contributed by atoms with Gasteiger partial charge in [-0.25, -0.2) is 4.39 Å². The molecule has 22 heavy (non-hydrogen) atoms. The molecule has 0 N–H and O–H groups in total. The Balaban J connectivity index is 2.08. The van der Waals surface area contributed by atoms with Gasteiger partial charge in [0.05, 0.1) is 0 Å². The first-order valence-corrected chi connectivity index (χ1v) is 7.70. The molecule has 2 aromatic carbocycles. The molecule has 0 heterocycles. The Morgan fingerprint density at radius 3 is 2.09 bits per heavy atom. The highest BCUT2D eigenvalue weighted by atomic mass is 19.1. The highest BCUT2D eigenvalue weighted by Gasteiger charge is 2.21. The first kappa shape index (κ1) is 16.5. The molecule has 0 saturated heterocycles. The van der Waals surface area contributed by atoms with Crippen LogP contribution in [0.4, 0.5) is 4.39 Å². The van der Waals surface area contributed by atoms with E-state index in [0.29, 0.717) is 5.75 Å². The van der Waals surface area contributed by atoms with Gasteiger partial charge in [-0.3, -0.25) is 0 Å². The molecule has 0 aliphatic carbocycles. The zero-order valence-electron chi connectivity index (χ0n) is 14.1. The monoisotopic (exact) mass is 300 g/mol. The Labute approximate surface area is 133 Å². The second kappa shape index (κ2) is 6.12. The van der Waals surface area contributed by atoms with E-state index in [1.807, 2.05) is 13.8 Å². The molecule has 0 unspecified atom stereocenters. The summed E-state index contributed by atoms with van der Waals surface area (Å²) in [5.74, 6) is 0.291. The van der Waals surface area contributed by atoms with Crippen LogP contribution in [-0.2, 0) is 11.8 Å². The third-order valence-electron chi connectivity index (χ3n) is 3.64. The van der Waals surface area contributed by atoms with Gasteiger partial charge < -0.3 is 4.74 Å². The van der Waals surface area contributed by atoms with E-state index in [0.717, 1.165) is 6.42 Å². The van der Waals surface area contributed by atoms with Gasteiger partial charge in [0.25, 0.3) is 0 Å². The van der Waals surface area contributed by atoms with E-state index in [9.17, 15) is 4.39 Å². The fraction of sp³-hybridized carbons (Fsp3) is 0.400. The Bertz CT molecular complexity index is 621. The number of halogens is 1. The zero-order chi connectivity index (χ0) is 16.4. The second-order valence-electron chi connectivity index (χ2n) is 7.44. The van der Waals surface area contributed by atoms with Crippen LogP contribution in [0.1, 0.15) is 45.7 Å². The molecule has 118 valence electrons. The molecule has 1 nitrogen and oxygen atoms in total. The molecule has 0 spiro atoms. The largest absolute Gasteiger partial charge is 0.487 e. The molecule has 0 aromatic heterocycles. The van der Waals surface area contributed by atoms with Gasteiger partial charge in [-0.2, -0.15) is 0 Å². The van der Waals surface area contributed by atoms with E-state index in [2.05, 4.69) is 45.0 Å². The zero-order valence-corrected chi connectivity index (χ0v) is 14.1. The first-order chi connectivity index (χ1) is 10.2. The van der Waals surface area contributed by atoms with Gasteiger partial charge in [0.15, 0.2) is 0 Å². The summed E-state index contributed by atoms with van der Waals surface area (Å²) in [7, 11) is 0. The van der Waals surface area contributed by atoms with E-state index < -0.39 is 5.60 Å². The van der Waals surface area contributed by atoms with Gasteiger partial charge >= 0.3 is 0 Å². The van der Waals surface area contributed by atoms with Crippen LogP contribution in [0, 0.1) is 5.82 Å². The summed E-state index contributed by atoms with van der Waals surface area (Å²) in [4.78, 5) is 0. The molecule has 0 aliphatic rings. The molecule has 0 radical (unpaired) electrons. The smallest absolute Gasteiger partial charge is 0.126 e. The average Bonchev–Trinajstić information content (AvgIpc) is 2.37. The minimum atomic E-state index is -0.392. The summed E-state index contributed by atoms with van der Waals surface area (Å²) in [6.45, 7) is 10.7. The van der Waals surface area contributed by atoms with Gasteiger partial charge in [-0.05, 0) is 42.5 Å². The molecule has 2 heteroatoms. The third-order valence-corrected chi connectivity index (χ3v) is 3.64. The molecule has 0 bridgehead atoms. The standard InChI is InChI=1S/C20H25FO/c1-19(2,3)16-11-9-15(10-12-16)14-20(4,5)22-18-8-6-7-17(21)13-18/h6-13H,14H2,1-5H3. The van der Waals surface area contributed by atoms with Gasteiger partial charge in [-0.1, -0.05) is 51.1 Å². The summed E-state index contributed by atoms with van der Waals surface area (Å²) < 4.78 is 19.2. The van der Waals surface area contributed by atoms with Crippen LogP contribution in [0.25, 0.3) is 0 Å². The highest BCUT2D eigenvalue weighted by molar-refractivity contribution is 5.29. The summed E-state index contributed by atoms with van der Waals surface area (Å²) in [6, 6.07) is 14.9. The normalized spacial score (nSPS) is 12.3. The van der Waals surface area contributed by atoms with E-state index in [-0.39, 0.29) is 11.2 Å². The maximum Gasteiger partial charge on any atom is 0.126 e. The molecular weight excluding hydrogens is 275 g/mol. The van der Waals surface area contributed by atoms with Gasteiger partial charge in [0.1, 0.15) is 17.2 Å². The van der Waals surface area contributed by atoms with Crippen molar-refractivity contribution in [2.75, 3.05) is 0 Å². The van der Waals surface area contributed by atoms with Gasteiger partial charge in [-0.15, -0.1) is 0 Å². The maximum absolute atomic E-state index is 13.2. The molecule has 2 rings (SSSR count). The lowest BCUT2D eigenvalue weighted by Gasteiger charge is -2.27. The predicted molar refractivity (Wildman–Crippen MR) is 90.0 cm³/mol. The lowest BCUT2D eigenvalue weighted by molar-refractivity contribution is 0.109. The van der Waals surface area contributed by atoms with Crippen molar-refractivity contribution in [1.82, 2.24) is 0 Å². The summed E-state index contributed by atoms with van der Waals surface area (Å²) >= 11 is 0. The summed E-state index contributed by atoms with van der Waals surface area (Å²) in [5.41, 5.74) is 2.30. The van der Waals surface area contributed by atoms with Gasteiger partial charge in [0.2, 0.25) is 0 Å². The molecule has 0 aliphatic heterocycles. The average molecular weight is 300 g/mol. The van der Waals surface area contributed by atoms with Crippen LogP contribution in [0.15, 0.2) is 48.5 Å². The number of benzene rings is 2. The third kappa shape index (κ3) is 4.59. The quantitative estimate of drug-likeness (QED) is 0.722. The first-order valence-electron chi connectivity index (χ1n) is 7.70. The molecular formula is C20H25FO. The van der Waals surface area contributed by atoms with Crippen molar-refractivity contribution in [3.63, 3.8) is 0 Å². The molecule has 0 saturated carbocycles. The fourth-order valence-corrected chi connectivity index (χ4v) is 2.50. The van der Waals surface area contributed by atoms with Crippen molar-refractivity contribution in [1.29, 1.82) is 0 Å². The van der Waals surface area contributed by atoms with Crippen LogP contribution < -0.4 is 4.74 Å². The Kier molecular flexibility index (Phi) is 4.60. The summed E-state index contributed by atoms with van der Waals surface area (Å²) in [5, 5.41) is 0. The number of rotatable bonds is 4. The Morgan fingerprint density at radius 1 is 0.909 bits per heavy atom. The minimum Gasteiger partial charge on any atom is -0.487 e. The van der Waals surface area contributed by atoms with Crippen LogP contribution in [0.2, 0.25) is 0 Å². The molecule has 0 amide bonds. The lowest BCUT2D eigenvalue weighted by atomic mass is 9.86. The van der Waals surface area contributed by atoms with E-state index >= 15 is 0 Å². The second-order valence-corrected chi connectivity index (χ2v) is 7.44. The van der Waals surface area contributed by atoms with Crippen molar-refractivity contribution in [3.05, 3.63) is 65.5 Å². The number of hydrogen-bond acceptors (Lipinski definition) is 1. The van der Waals surface area contributed by atoms with Crippen molar-refractivity contribution in [3.8, 4) is 5.75 Å². The molecule has 2 aromatic rings. The topological polar surface area (TPSA) is 9.23 Å². The van der Waals surface area contributed by atoms with Crippen LogP contribution in [-0.4, -0.2) is 5.60 Å². The minimum absolute atomic E-state index is 0.159. The number of hydrogen-bond donors (Lipinski definition) is 0. The Hall–Kier alpha value is -1.83. The SMILES string of the molecule is CC(C)(Cc1ccc(C(C)(C)C)cc1)Oc1cccc(F)c1. The van der Waals surface area contributed by atoms with E-state index in [1.165, 1.54) is 23.3 Å². The maximum atomic E-state index is 13.2. The molecule has 0 atom stereocenters.